The van der Waals surface area contributed by atoms with Gasteiger partial charge in [-0.15, -0.1) is 6.58 Å². The molecule has 0 unspecified atom stereocenters. The van der Waals surface area contributed by atoms with Crippen molar-refractivity contribution in [3.63, 3.8) is 0 Å². The first kappa shape index (κ1) is 23.6. The van der Waals surface area contributed by atoms with E-state index in [1.807, 2.05) is 6.08 Å². The van der Waals surface area contributed by atoms with E-state index in [9.17, 15) is 4.79 Å². The zero-order chi connectivity index (χ0) is 17.7. The number of unbranched alkanes of at least 4 members (excludes halogenated alkanes) is 14. The lowest BCUT2D eigenvalue weighted by Crippen LogP contribution is -2.06. The monoisotopic (exact) mass is 356 g/mol. The molecule has 0 aliphatic rings. The predicted molar refractivity (Wildman–Crippen MR) is 109 cm³/mol. The maximum atomic E-state index is 11.3. The number of hydrogen-bond acceptors (Lipinski definition) is 3. The second-order valence-electron chi connectivity index (χ2n) is 6.72. The molecule has 0 atom stereocenters. The number of ether oxygens (including phenoxy) is 1. The second-order valence-corrected chi connectivity index (χ2v) is 7.17. The Morgan fingerprint density at radius 3 is 1.58 bits per heavy atom. The molecule has 0 aliphatic heterocycles. The highest BCUT2D eigenvalue weighted by molar-refractivity contribution is 7.80. The highest BCUT2D eigenvalue weighted by Crippen LogP contribution is 2.13. The number of thiol groups is 1. The first-order valence-electron chi connectivity index (χ1n) is 10.2. The van der Waals surface area contributed by atoms with Gasteiger partial charge in [0, 0.05) is 12.2 Å². The molecular formula is C21H40O2S. The molecule has 0 aliphatic carbocycles. The maximum absolute atomic E-state index is 11.3. The molecule has 0 saturated heterocycles. The van der Waals surface area contributed by atoms with E-state index in [0.29, 0.717) is 18.8 Å². The van der Waals surface area contributed by atoms with Crippen LogP contribution in [0.2, 0.25) is 0 Å². The molecular weight excluding hydrogens is 316 g/mol. The van der Waals surface area contributed by atoms with Crippen molar-refractivity contribution in [3.8, 4) is 0 Å². The SMILES string of the molecule is C=CCCCCCCCCCCCCCCCCC(=O)OCCS. The second kappa shape index (κ2) is 20.6. The van der Waals surface area contributed by atoms with E-state index in [1.165, 1.54) is 83.5 Å². The number of rotatable bonds is 19. The van der Waals surface area contributed by atoms with Gasteiger partial charge in [-0.3, -0.25) is 4.79 Å². The first-order valence-corrected chi connectivity index (χ1v) is 10.8. The number of carbonyl (C=O) groups is 1. The zero-order valence-corrected chi connectivity index (χ0v) is 16.7. The molecule has 0 amide bonds. The maximum Gasteiger partial charge on any atom is 0.305 e. The molecule has 0 aromatic rings. The summed E-state index contributed by atoms with van der Waals surface area (Å²) in [4.78, 5) is 11.3. The quantitative estimate of drug-likeness (QED) is 0.118. The average Bonchev–Trinajstić information content (AvgIpc) is 2.59. The molecule has 0 fully saturated rings. The molecule has 24 heavy (non-hydrogen) atoms. The summed E-state index contributed by atoms with van der Waals surface area (Å²) in [6, 6.07) is 0. The van der Waals surface area contributed by atoms with Gasteiger partial charge in [0.05, 0.1) is 0 Å². The summed E-state index contributed by atoms with van der Waals surface area (Å²) in [6.45, 7) is 4.20. The van der Waals surface area contributed by atoms with E-state index in [-0.39, 0.29) is 5.97 Å². The van der Waals surface area contributed by atoms with Gasteiger partial charge >= 0.3 is 5.97 Å². The third kappa shape index (κ3) is 19.6. The van der Waals surface area contributed by atoms with Crippen molar-refractivity contribution in [1.29, 1.82) is 0 Å². The lowest BCUT2D eigenvalue weighted by Gasteiger charge is -2.04. The normalized spacial score (nSPS) is 10.7. The number of esters is 1. The van der Waals surface area contributed by atoms with Crippen molar-refractivity contribution < 1.29 is 9.53 Å². The van der Waals surface area contributed by atoms with Crippen molar-refractivity contribution in [1.82, 2.24) is 0 Å². The zero-order valence-electron chi connectivity index (χ0n) is 15.8. The Hall–Kier alpha value is -0.440. The summed E-state index contributed by atoms with van der Waals surface area (Å²) in [7, 11) is 0. The molecule has 2 nitrogen and oxygen atoms in total. The molecule has 0 aromatic heterocycles. The van der Waals surface area contributed by atoms with E-state index < -0.39 is 0 Å². The van der Waals surface area contributed by atoms with Crippen LogP contribution in [0.1, 0.15) is 103 Å². The van der Waals surface area contributed by atoms with Crippen molar-refractivity contribution in [2.75, 3.05) is 12.4 Å². The van der Waals surface area contributed by atoms with Crippen molar-refractivity contribution in [3.05, 3.63) is 12.7 Å². The van der Waals surface area contributed by atoms with Crippen LogP contribution >= 0.6 is 12.6 Å². The Morgan fingerprint density at radius 2 is 1.17 bits per heavy atom. The molecule has 0 heterocycles. The van der Waals surface area contributed by atoms with E-state index >= 15 is 0 Å². The van der Waals surface area contributed by atoms with Crippen LogP contribution in [0.3, 0.4) is 0 Å². The van der Waals surface area contributed by atoms with Crippen molar-refractivity contribution in [2.24, 2.45) is 0 Å². The van der Waals surface area contributed by atoms with E-state index in [2.05, 4.69) is 19.2 Å². The van der Waals surface area contributed by atoms with Gasteiger partial charge in [-0.2, -0.15) is 12.6 Å². The Kier molecular flexibility index (Phi) is 20.2. The summed E-state index contributed by atoms with van der Waals surface area (Å²) >= 11 is 4.02. The van der Waals surface area contributed by atoms with Gasteiger partial charge in [0.1, 0.15) is 6.61 Å². The predicted octanol–water partition coefficient (Wildman–Crippen LogP) is 6.89. The lowest BCUT2D eigenvalue weighted by molar-refractivity contribution is -0.143. The summed E-state index contributed by atoms with van der Waals surface area (Å²) < 4.78 is 5.00. The van der Waals surface area contributed by atoms with Crippen LogP contribution < -0.4 is 0 Å². The Morgan fingerprint density at radius 1 is 0.750 bits per heavy atom. The summed E-state index contributed by atoms with van der Waals surface area (Å²) in [5.74, 6) is 0.548. The van der Waals surface area contributed by atoms with Crippen LogP contribution in [-0.4, -0.2) is 18.3 Å². The highest BCUT2D eigenvalue weighted by Gasteiger charge is 2.01. The standard InChI is InChI=1S/C21H40O2S/c1-2-3-4-5-6-7-8-9-10-11-12-13-14-15-16-17-18-21(22)23-19-20-24/h2,24H,1,3-20H2. The number of carbonyl (C=O) groups excluding carboxylic acids is 1. The molecule has 0 rings (SSSR count). The summed E-state index contributed by atoms with van der Waals surface area (Å²) in [5.41, 5.74) is 0. The van der Waals surface area contributed by atoms with Gasteiger partial charge in [0.25, 0.3) is 0 Å². The van der Waals surface area contributed by atoms with Crippen LogP contribution in [0.5, 0.6) is 0 Å². The van der Waals surface area contributed by atoms with Gasteiger partial charge in [-0.1, -0.05) is 83.1 Å². The third-order valence-electron chi connectivity index (χ3n) is 4.39. The Balaban J connectivity index is 3.05. The molecule has 0 radical (unpaired) electrons. The third-order valence-corrected chi connectivity index (χ3v) is 4.58. The summed E-state index contributed by atoms with van der Waals surface area (Å²) in [5, 5.41) is 0. The Bertz CT molecular complexity index is 279. The van der Waals surface area contributed by atoms with Gasteiger partial charge in [0.2, 0.25) is 0 Å². The van der Waals surface area contributed by atoms with Crippen LogP contribution in [0.25, 0.3) is 0 Å². The smallest absolute Gasteiger partial charge is 0.305 e. The van der Waals surface area contributed by atoms with E-state index in [4.69, 9.17) is 4.74 Å². The minimum atomic E-state index is -0.0650. The average molecular weight is 357 g/mol. The lowest BCUT2D eigenvalue weighted by atomic mass is 10.0. The van der Waals surface area contributed by atoms with Crippen LogP contribution in [0, 0.1) is 0 Å². The number of allylic oxidation sites excluding steroid dienone is 1. The topological polar surface area (TPSA) is 26.3 Å². The van der Waals surface area contributed by atoms with Gasteiger partial charge in [0.15, 0.2) is 0 Å². The fourth-order valence-electron chi connectivity index (χ4n) is 2.91. The van der Waals surface area contributed by atoms with Gasteiger partial charge < -0.3 is 4.74 Å². The minimum Gasteiger partial charge on any atom is -0.465 e. The van der Waals surface area contributed by atoms with E-state index in [0.717, 1.165) is 12.8 Å². The molecule has 0 aromatic carbocycles. The van der Waals surface area contributed by atoms with E-state index in [1.54, 1.807) is 0 Å². The van der Waals surface area contributed by atoms with Crippen LogP contribution in [0.4, 0.5) is 0 Å². The fraction of sp³-hybridized carbons (Fsp3) is 0.857. The largest absolute Gasteiger partial charge is 0.465 e. The molecule has 0 spiro atoms. The summed E-state index contributed by atoms with van der Waals surface area (Å²) in [6.07, 6.45) is 22.3. The first-order chi connectivity index (χ1) is 11.8. The molecule has 0 bridgehead atoms. The molecule has 0 N–H and O–H groups in total. The van der Waals surface area contributed by atoms with Crippen molar-refractivity contribution >= 4 is 18.6 Å². The minimum absolute atomic E-state index is 0.0650. The number of hydrogen-bond donors (Lipinski definition) is 1. The molecule has 0 saturated carbocycles. The van der Waals surface area contributed by atoms with Crippen molar-refractivity contribution in [2.45, 2.75) is 103 Å². The van der Waals surface area contributed by atoms with Crippen LogP contribution in [-0.2, 0) is 9.53 Å². The molecule has 142 valence electrons. The Labute approximate surface area is 156 Å². The molecule has 3 heteroatoms. The van der Waals surface area contributed by atoms with Crippen LogP contribution in [0.15, 0.2) is 12.7 Å². The fourth-order valence-corrected chi connectivity index (χ4v) is 3.00. The van der Waals surface area contributed by atoms with Gasteiger partial charge in [-0.25, -0.2) is 0 Å². The highest BCUT2D eigenvalue weighted by atomic mass is 32.1. The van der Waals surface area contributed by atoms with Gasteiger partial charge in [-0.05, 0) is 19.3 Å².